The minimum atomic E-state index is -4.71. The number of halogens is 3. The van der Waals surface area contributed by atoms with Gasteiger partial charge in [-0.3, -0.25) is 10.1 Å². The lowest BCUT2D eigenvalue weighted by atomic mass is 10.1. The van der Waals surface area contributed by atoms with Crippen molar-refractivity contribution in [2.75, 3.05) is 0 Å². The molecular formula is C15H9F3N4O3. The summed E-state index contributed by atoms with van der Waals surface area (Å²) in [6.45, 7) is 0. The molecule has 0 aliphatic carbocycles. The van der Waals surface area contributed by atoms with Crippen LogP contribution in [0.1, 0.15) is 5.56 Å². The number of fused-ring (bicyclic) bond motifs is 1. The van der Waals surface area contributed by atoms with Crippen molar-refractivity contribution in [2.24, 2.45) is 10.2 Å². The maximum atomic E-state index is 12.7. The summed E-state index contributed by atoms with van der Waals surface area (Å²) < 4.78 is 38.1. The number of nitrogens with one attached hydrogen (secondary N) is 1. The number of nitro benzene ring substituents is 1. The third-order valence-electron chi connectivity index (χ3n) is 3.42. The lowest BCUT2D eigenvalue weighted by molar-refractivity contribution is -0.384. The number of azo groups is 1. The van der Waals surface area contributed by atoms with E-state index in [9.17, 15) is 28.4 Å². The Kier molecular flexibility index (Phi) is 3.87. The van der Waals surface area contributed by atoms with E-state index in [1.807, 2.05) is 0 Å². The summed E-state index contributed by atoms with van der Waals surface area (Å²) in [5, 5.41) is 28.8. The number of rotatable bonds is 3. The molecule has 0 saturated heterocycles. The molecule has 1 aromatic heterocycles. The molecule has 0 atom stereocenters. The Morgan fingerprint density at radius 2 is 1.84 bits per heavy atom. The summed E-state index contributed by atoms with van der Waals surface area (Å²) in [7, 11) is 0. The molecule has 2 aromatic carbocycles. The average Bonchev–Trinajstić information content (AvgIpc) is 2.87. The highest BCUT2D eigenvalue weighted by Gasteiger charge is 2.33. The Balaban J connectivity index is 2.06. The van der Waals surface area contributed by atoms with Gasteiger partial charge in [0.15, 0.2) is 11.4 Å². The van der Waals surface area contributed by atoms with Crippen molar-refractivity contribution < 1.29 is 23.2 Å². The predicted molar refractivity (Wildman–Crippen MR) is 82.2 cm³/mol. The van der Waals surface area contributed by atoms with Crippen LogP contribution in [0.2, 0.25) is 0 Å². The van der Waals surface area contributed by atoms with E-state index in [0.717, 1.165) is 6.07 Å². The van der Waals surface area contributed by atoms with E-state index in [1.165, 1.54) is 0 Å². The summed E-state index contributed by atoms with van der Waals surface area (Å²) in [5.74, 6) is -0.306. The number of aromatic amines is 1. The molecule has 0 radical (unpaired) electrons. The van der Waals surface area contributed by atoms with Crippen LogP contribution in [0.25, 0.3) is 10.9 Å². The Morgan fingerprint density at radius 3 is 2.52 bits per heavy atom. The maximum Gasteiger partial charge on any atom is 0.416 e. The van der Waals surface area contributed by atoms with Gasteiger partial charge < -0.3 is 10.1 Å². The van der Waals surface area contributed by atoms with Crippen molar-refractivity contribution in [2.45, 2.75) is 6.18 Å². The van der Waals surface area contributed by atoms with Crippen LogP contribution >= 0.6 is 0 Å². The summed E-state index contributed by atoms with van der Waals surface area (Å²) >= 11 is 0. The molecule has 0 fully saturated rings. The van der Waals surface area contributed by atoms with Crippen LogP contribution in [0.15, 0.2) is 52.7 Å². The number of hydrogen-bond donors (Lipinski definition) is 2. The topological polar surface area (TPSA) is 104 Å². The number of nitrogens with zero attached hydrogens (tertiary/aromatic N) is 3. The lowest BCUT2D eigenvalue weighted by Gasteiger charge is -2.06. The SMILES string of the molecule is O=[N+]([O-])c1cc(C(F)(F)F)ccc1N=Nc1c(O)[nH]c2ccccc12. The second-order valence-corrected chi connectivity index (χ2v) is 5.03. The van der Waals surface area contributed by atoms with Crippen molar-refractivity contribution in [1.82, 2.24) is 4.98 Å². The number of hydrogen-bond acceptors (Lipinski definition) is 5. The van der Waals surface area contributed by atoms with Crippen molar-refractivity contribution in [3.8, 4) is 5.88 Å². The first-order valence-corrected chi connectivity index (χ1v) is 6.84. The Hall–Kier alpha value is -3.43. The number of aromatic nitrogens is 1. The first-order valence-electron chi connectivity index (χ1n) is 6.84. The second-order valence-electron chi connectivity index (χ2n) is 5.03. The molecule has 0 spiro atoms. The van der Waals surface area contributed by atoms with E-state index in [0.29, 0.717) is 23.0 Å². The van der Waals surface area contributed by atoms with Crippen LogP contribution in [0, 0.1) is 10.1 Å². The quantitative estimate of drug-likeness (QED) is 0.384. The molecule has 0 bridgehead atoms. The number of para-hydroxylation sites is 1. The molecule has 128 valence electrons. The third kappa shape index (κ3) is 3.13. The van der Waals surface area contributed by atoms with Gasteiger partial charge in [-0.2, -0.15) is 13.2 Å². The van der Waals surface area contributed by atoms with Crippen LogP contribution in [0.5, 0.6) is 5.88 Å². The molecule has 10 heteroatoms. The van der Waals surface area contributed by atoms with E-state index < -0.39 is 22.4 Å². The molecular weight excluding hydrogens is 341 g/mol. The van der Waals surface area contributed by atoms with Crippen LogP contribution < -0.4 is 0 Å². The minimum Gasteiger partial charge on any atom is -0.493 e. The van der Waals surface area contributed by atoms with Crippen LogP contribution in [0.3, 0.4) is 0 Å². The largest absolute Gasteiger partial charge is 0.493 e. The van der Waals surface area contributed by atoms with Gasteiger partial charge in [0.1, 0.15) is 0 Å². The van der Waals surface area contributed by atoms with Crippen molar-refractivity contribution in [3.63, 3.8) is 0 Å². The predicted octanol–water partition coefficient (Wildman–Crippen LogP) is 5.22. The highest BCUT2D eigenvalue weighted by Crippen LogP contribution is 2.39. The van der Waals surface area contributed by atoms with Crippen LogP contribution in [-0.4, -0.2) is 15.0 Å². The van der Waals surface area contributed by atoms with Gasteiger partial charge >= 0.3 is 6.18 Å². The summed E-state index contributed by atoms with van der Waals surface area (Å²) in [5.41, 5.74) is -1.76. The van der Waals surface area contributed by atoms with Gasteiger partial charge in [-0.05, 0) is 18.2 Å². The fourth-order valence-corrected chi connectivity index (χ4v) is 2.25. The standard InChI is InChI=1S/C15H9F3N4O3/c16-15(17,18)8-5-6-11(12(7-8)22(24)25)20-21-13-9-3-1-2-4-10(9)19-14(13)23/h1-7,19,23H. The summed E-state index contributed by atoms with van der Waals surface area (Å²) in [6.07, 6.45) is -4.71. The minimum absolute atomic E-state index is 0.0322. The van der Waals surface area contributed by atoms with Crippen molar-refractivity contribution in [3.05, 3.63) is 58.1 Å². The van der Waals surface area contributed by atoms with E-state index in [1.54, 1.807) is 24.3 Å². The van der Waals surface area contributed by atoms with Gasteiger partial charge in [0, 0.05) is 11.5 Å². The first-order chi connectivity index (χ1) is 11.8. The smallest absolute Gasteiger partial charge is 0.416 e. The molecule has 0 unspecified atom stereocenters. The van der Waals surface area contributed by atoms with Gasteiger partial charge in [0.25, 0.3) is 5.69 Å². The molecule has 0 amide bonds. The zero-order valence-corrected chi connectivity index (χ0v) is 12.3. The van der Waals surface area contributed by atoms with Crippen LogP contribution in [0.4, 0.5) is 30.2 Å². The highest BCUT2D eigenvalue weighted by atomic mass is 19.4. The van der Waals surface area contributed by atoms with Crippen molar-refractivity contribution >= 4 is 28.0 Å². The molecule has 0 aliphatic heterocycles. The molecule has 25 heavy (non-hydrogen) atoms. The molecule has 7 nitrogen and oxygen atoms in total. The summed E-state index contributed by atoms with van der Waals surface area (Å²) in [6, 6.07) is 8.65. The van der Waals surface area contributed by atoms with E-state index in [4.69, 9.17) is 0 Å². The number of aromatic hydroxyl groups is 1. The van der Waals surface area contributed by atoms with Gasteiger partial charge in [-0.25, -0.2) is 0 Å². The number of benzene rings is 2. The molecule has 0 aliphatic rings. The van der Waals surface area contributed by atoms with Gasteiger partial charge in [0.2, 0.25) is 5.88 Å². The highest BCUT2D eigenvalue weighted by molar-refractivity contribution is 5.94. The lowest BCUT2D eigenvalue weighted by Crippen LogP contribution is -2.05. The average molecular weight is 350 g/mol. The fraction of sp³-hybridized carbons (Fsp3) is 0.0667. The fourth-order valence-electron chi connectivity index (χ4n) is 2.25. The normalized spacial score (nSPS) is 12.1. The molecule has 3 aromatic rings. The van der Waals surface area contributed by atoms with Gasteiger partial charge in [0.05, 0.1) is 16.0 Å². The molecule has 3 rings (SSSR count). The monoisotopic (exact) mass is 350 g/mol. The number of nitro groups is 1. The maximum absolute atomic E-state index is 12.7. The van der Waals surface area contributed by atoms with E-state index in [2.05, 4.69) is 15.2 Å². The zero-order valence-electron chi connectivity index (χ0n) is 12.3. The number of H-pyrrole nitrogens is 1. The van der Waals surface area contributed by atoms with E-state index in [-0.39, 0.29) is 17.3 Å². The summed E-state index contributed by atoms with van der Waals surface area (Å²) in [4.78, 5) is 12.7. The van der Waals surface area contributed by atoms with Crippen molar-refractivity contribution in [1.29, 1.82) is 0 Å². The first kappa shape index (κ1) is 16.4. The zero-order chi connectivity index (χ0) is 18.2. The third-order valence-corrected chi connectivity index (χ3v) is 3.42. The molecule has 0 saturated carbocycles. The van der Waals surface area contributed by atoms with Crippen LogP contribution in [-0.2, 0) is 6.18 Å². The van der Waals surface area contributed by atoms with E-state index >= 15 is 0 Å². The molecule has 1 heterocycles. The molecule has 2 N–H and O–H groups in total. The number of alkyl halides is 3. The Morgan fingerprint density at radius 1 is 1.12 bits per heavy atom. The Labute approximate surface area is 137 Å². The Bertz CT molecular complexity index is 995. The van der Waals surface area contributed by atoms with Gasteiger partial charge in [-0.1, -0.05) is 18.2 Å². The second kappa shape index (κ2) is 5.89. The van der Waals surface area contributed by atoms with Gasteiger partial charge in [-0.15, -0.1) is 10.2 Å².